The topological polar surface area (TPSA) is 40.5 Å². The number of rotatable bonds is 5. The first-order valence-corrected chi connectivity index (χ1v) is 8.03. The van der Waals surface area contributed by atoms with E-state index < -0.39 is 0 Å². The summed E-state index contributed by atoms with van der Waals surface area (Å²) in [5.74, 6) is 1.36. The first-order valence-electron chi connectivity index (χ1n) is 7.25. The molecule has 0 atom stereocenters. The Balaban J connectivity index is 2.12. The van der Waals surface area contributed by atoms with Gasteiger partial charge in [-0.05, 0) is 38.1 Å². The molecule has 0 aliphatic carbocycles. The molecule has 4 nitrogen and oxygen atoms in total. The molecule has 5 heteroatoms. The van der Waals surface area contributed by atoms with Crippen molar-refractivity contribution in [2.75, 3.05) is 13.2 Å². The van der Waals surface area contributed by atoms with Gasteiger partial charge in [0, 0.05) is 6.07 Å². The van der Waals surface area contributed by atoms with Crippen molar-refractivity contribution in [2.45, 2.75) is 13.8 Å². The Morgan fingerprint density at radius 1 is 1.00 bits per heavy atom. The maximum atomic E-state index is 12.5. The molecule has 1 aromatic heterocycles. The molecule has 0 saturated carbocycles. The number of aromatic nitrogens is 1. The molecule has 0 aliphatic heterocycles. The van der Waals surface area contributed by atoms with Gasteiger partial charge in [-0.3, -0.25) is 4.79 Å². The Labute approximate surface area is 132 Å². The third-order valence-electron chi connectivity index (χ3n) is 3.25. The van der Waals surface area contributed by atoms with E-state index >= 15 is 0 Å². The molecule has 0 fully saturated rings. The summed E-state index contributed by atoms with van der Waals surface area (Å²) in [4.78, 5) is 12.5. The number of benzene rings is 2. The van der Waals surface area contributed by atoms with Crippen molar-refractivity contribution in [3.63, 3.8) is 0 Å². The lowest BCUT2D eigenvalue weighted by Crippen LogP contribution is -2.11. The minimum Gasteiger partial charge on any atom is -0.490 e. The fourth-order valence-corrected chi connectivity index (χ4v) is 3.30. The summed E-state index contributed by atoms with van der Waals surface area (Å²) in [7, 11) is 0. The number of nitrogens with zero attached hydrogens (tertiary/aromatic N) is 1. The van der Waals surface area contributed by atoms with Crippen molar-refractivity contribution in [1.82, 2.24) is 3.96 Å². The molecule has 0 amide bonds. The van der Waals surface area contributed by atoms with Gasteiger partial charge in [0.15, 0.2) is 11.5 Å². The highest BCUT2D eigenvalue weighted by atomic mass is 32.1. The molecule has 0 aliphatic rings. The van der Waals surface area contributed by atoms with Gasteiger partial charge in [0.05, 0.1) is 29.0 Å². The van der Waals surface area contributed by atoms with Crippen molar-refractivity contribution in [3.05, 3.63) is 52.8 Å². The SMILES string of the molecule is CCOc1ccc(-n2sc3ccccc3c2=O)cc1OCC. The van der Waals surface area contributed by atoms with Gasteiger partial charge >= 0.3 is 0 Å². The summed E-state index contributed by atoms with van der Waals surface area (Å²) in [6.45, 7) is 4.97. The summed E-state index contributed by atoms with van der Waals surface area (Å²) in [5, 5.41) is 0.736. The van der Waals surface area contributed by atoms with Gasteiger partial charge < -0.3 is 9.47 Å². The zero-order valence-electron chi connectivity index (χ0n) is 12.5. The molecule has 3 rings (SSSR count). The minimum absolute atomic E-state index is 0.00721. The van der Waals surface area contributed by atoms with Gasteiger partial charge in [0.2, 0.25) is 0 Å². The van der Waals surface area contributed by atoms with Crippen molar-refractivity contribution >= 4 is 21.6 Å². The molecule has 22 heavy (non-hydrogen) atoms. The Morgan fingerprint density at radius 2 is 1.73 bits per heavy atom. The first-order chi connectivity index (χ1) is 10.7. The predicted octanol–water partition coefficient (Wildman–Crippen LogP) is 3.85. The van der Waals surface area contributed by atoms with Crippen LogP contribution in [0, 0.1) is 0 Å². The van der Waals surface area contributed by atoms with E-state index in [9.17, 15) is 4.79 Å². The van der Waals surface area contributed by atoms with Crippen LogP contribution in [0.15, 0.2) is 47.3 Å². The van der Waals surface area contributed by atoms with E-state index in [4.69, 9.17) is 9.47 Å². The van der Waals surface area contributed by atoms with E-state index in [1.54, 1.807) is 3.96 Å². The third-order valence-corrected chi connectivity index (χ3v) is 4.36. The van der Waals surface area contributed by atoms with Crippen LogP contribution in [-0.4, -0.2) is 17.2 Å². The Bertz CT molecular complexity index is 850. The molecule has 0 spiro atoms. The fourth-order valence-electron chi connectivity index (χ4n) is 2.31. The molecule has 1 heterocycles. The maximum Gasteiger partial charge on any atom is 0.273 e. The summed E-state index contributed by atoms with van der Waals surface area (Å²) in [6.07, 6.45) is 0. The van der Waals surface area contributed by atoms with E-state index in [2.05, 4.69) is 0 Å². The van der Waals surface area contributed by atoms with Crippen LogP contribution >= 0.6 is 11.5 Å². The second-order valence-electron chi connectivity index (χ2n) is 4.68. The molecule has 3 aromatic rings. The van der Waals surface area contributed by atoms with Crippen LogP contribution in [0.4, 0.5) is 0 Å². The molecule has 0 radical (unpaired) electrons. The average Bonchev–Trinajstić information content (AvgIpc) is 2.87. The molecule has 0 bridgehead atoms. The fraction of sp³-hybridized carbons (Fsp3) is 0.235. The van der Waals surface area contributed by atoms with Gasteiger partial charge in [0.1, 0.15) is 0 Å². The van der Waals surface area contributed by atoms with Crippen LogP contribution in [0.2, 0.25) is 0 Å². The first kappa shape index (κ1) is 14.7. The molecular formula is C17H17NO3S. The third kappa shape index (κ3) is 2.60. The lowest BCUT2D eigenvalue weighted by Gasteiger charge is -2.12. The average molecular weight is 315 g/mol. The highest BCUT2D eigenvalue weighted by Crippen LogP contribution is 2.31. The van der Waals surface area contributed by atoms with Crippen molar-refractivity contribution in [2.24, 2.45) is 0 Å². The van der Waals surface area contributed by atoms with Gasteiger partial charge in [-0.25, -0.2) is 3.96 Å². The van der Waals surface area contributed by atoms with Gasteiger partial charge in [0.25, 0.3) is 5.56 Å². The molecule has 2 aromatic carbocycles. The van der Waals surface area contributed by atoms with E-state index in [-0.39, 0.29) is 5.56 Å². The van der Waals surface area contributed by atoms with Crippen LogP contribution in [0.3, 0.4) is 0 Å². The molecule has 114 valence electrons. The molecule has 0 N–H and O–H groups in total. The quantitative estimate of drug-likeness (QED) is 0.718. The van der Waals surface area contributed by atoms with Crippen molar-refractivity contribution < 1.29 is 9.47 Å². The van der Waals surface area contributed by atoms with E-state index in [0.29, 0.717) is 24.7 Å². The number of fused-ring (bicyclic) bond motifs is 1. The number of ether oxygens (including phenoxy) is 2. The lowest BCUT2D eigenvalue weighted by atomic mass is 10.2. The zero-order chi connectivity index (χ0) is 15.5. The van der Waals surface area contributed by atoms with Gasteiger partial charge in [-0.2, -0.15) is 0 Å². The highest BCUT2D eigenvalue weighted by Gasteiger charge is 2.12. The monoisotopic (exact) mass is 315 g/mol. The summed E-state index contributed by atoms with van der Waals surface area (Å²) in [5.41, 5.74) is 0.783. The van der Waals surface area contributed by atoms with E-state index in [0.717, 1.165) is 15.8 Å². The molecular weight excluding hydrogens is 298 g/mol. The smallest absolute Gasteiger partial charge is 0.273 e. The molecule has 0 unspecified atom stereocenters. The second kappa shape index (κ2) is 6.23. The highest BCUT2D eigenvalue weighted by molar-refractivity contribution is 7.14. The van der Waals surface area contributed by atoms with Crippen LogP contribution in [0.5, 0.6) is 11.5 Å². The van der Waals surface area contributed by atoms with Crippen LogP contribution < -0.4 is 15.0 Å². The van der Waals surface area contributed by atoms with Crippen LogP contribution in [0.25, 0.3) is 15.8 Å². The predicted molar refractivity (Wildman–Crippen MR) is 89.8 cm³/mol. The van der Waals surface area contributed by atoms with Crippen molar-refractivity contribution in [3.8, 4) is 17.2 Å². The molecule has 0 saturated heterocycles. The maximum absolute atomic E-state index is 12.5. The standard InChI is InChI=1S/C17H17NO3S/c1-3-20-14-10-9-12(11-15(14)21-4-2)18-17(19)13-7-5-6-8-16(13)22-18/h5-11H,3-4H2,1-2H3. The summed E-state index contributed by atoms with van der Waals surface area (Å²) < 4.78 is 13.8. The Kier molecular flexibility index (Phi) is 4.15. The van der Waals surface area contributed by atoms with Gasteiger partial charge in [-0.1, -0.05) is 23.7 Å². The normalized spacial score (nSPS) is 10.8. The van der Waals surface area contributed by atoms with E-state index in [1.807, 2.05) is 56.3 Å². The lowest BCUT2D eigenvalue weighted by molar-refractivity contribution is 0.287. The summed E-state index contributed by atoms with van der Waals surface area (Å²) >= 11 is 1.43. The summed E-state index contributed by atoms with van der Waals surface area (Å²) in [6, 6.07) is 13.2. The van der Waals surface area contributed by atoms with Crippen molar-refractivity contribution in [1.29, 1.82) is 0 Å². The largest absolute Gasteiger partial charge is 0.490 e. The Morgan fingerprint density at radius 3 is 2.45 bits per heavy atom. The van der Waals surface area contributed by atoms with Gasteiger partial charge in [-0.15, -0.1) is 0 Å². The van der Waals surface area contributed by atoms with Crippen LogP contribution in [-0.2, 0) is 0 Å². The zero-order valence-corrected chi connectivity index (χ0v) is 13.4. The number of hydrogen-bond donors (Lipinski definition) is 0. The Hall–Kier alpha value is -2.27. The second-order valence-corrected chi connectivity index (χ2v) is 5.67. The number of hydrogen-bond acceptors (Lipinski definition) is 4. The van der Waals surface area contributed by atoms with E-state index in [1.165, 1.54) is 11.5 Å². The minimum atomic E-state index is -0.00721. The van der Waals surface area contributed by atoms with Crippen LogP contribution in [0.1, 0.15) is 13.8 Å².